The van der Waals surface area contributed by atoms with Gasteiger partial charge < -0.3 is 15.2 Å². The monoisotopic (exact) mass is 284 g/mol. The molecule has 1 atom stereocenters. The first-order valence-electron chi connectivity index (χ1n) is 6.68. The van der Waals surface area contributed by atoms with Gasteiger partial charge >= 0.3 is 0 Å². The topological polar surface area (TPSA) is 44.7 Å². The lowest BCUT2D eigenvalue weighted by atomic mass is 10.0. The van der Waals surface area contributed by atoms with Gasteiger partial charge in [0.1, 0.15) is 0 Å². The number of nitrogens with zero attached hydrogens (tertiary/aromatic N) is 1. The van der Waals surface area contributed by atoms with Crippen molar-refractivity contribution in [1.29, 1.82) is 0 Å². The molecule has 0 saturated carbocycles. The Morgan fingerprint density at radius 2 is 2.11 bits per heavy atom. The van der Waals surface area contributed by atoms with Gasteiger partial charge in [-0.15, -0.1) is 0 Å². The second-order valence-corrected chi connectivity index (χ2v) is 5.17. The Labute approximate surface area is 119 Å². The molecule has 0 spiro atoms. The zero-order chi connectivity index (χ0) is 13.8. The Kier molecular flexibility index (Phi) is 4.91. The van der Waals surface area contributed by atoms with E-state index in [1.807, 2.05) is 12.1 Å². The summed E-state index contributed by atoms with van der Waals surface area (Å²) in [6.07, 6.45) is 1.00. The van der Waals surface area contributed by atoms with Crippen LogP contribution < -0.4 is 10.1 Å². The highest BCUT2D eigenvalue weighted by atomic mass is 35.5. The molecular formula is C14H21ClN2O2. The third-order valence-electron chi connectivity index (χ3n) is 3.63. The van der Waals surface area contributed by atoms with Crippen LogP contribution in [0.2, 0.25) is 5.02 Å². The molecule has 4 nitrogen and oxygen atoms in total. The number of halogens is 1. The van der Waals surface area contributed by atoms with Gasteiger partial charge in [0.2, 0.25) is 0 Å². The number of hydrogen-bond donors (Lipinski definition) is 2. The summed E-state index contributed by atoms with van der Waals surface area (Å²) < 4.78 is 5.18. The predicted octanol–water partition coefficient (Wildman–Crippen LogP) is 2.41. The molecule has 1 aromatic rings. The highest BCUT2D eigenvalue weighted by molar-refractivity contribution is 6.32. The zero-order valence-electron chi connectivity index (χ0n) is 11.4. The van der Waals surface area contributed by atoms with Crippen LogP contribution in [0.5, 0.6) is 11.5 Å². The van der Waals surface area contributed by atoms with Gasteiger partial charge in [-0.25, -0.2) is 0 Å². The number of methoxy groups -OCH3 is 1. The number of rotatable bonds is 4. The fourth-order valence-corrected chi connectivity index (χ4v) is 2.86. The normalized spacial score (nSPS) is 18.3. The summed E-state index contributed by atoms with van der Waals surface area (Å²) in [6, 6.07) is 4.04. The van der Waals surface area contributed by atoms with Crippen molar-refractivity contribution >= 4 is 11.6 Å². The number of aromatic hydroxyl groups is 1. The first-order chi connectivity index (χ1) is 9.17. The summed E-state index contributed by atoms with van der Waals surface area (Å²) in [5, 5.41) is 13.5. The van der Waals surface area contributed by atoms with Gasteiger partial charge in [-0.3, -0.25) is 4.90 Å². The minimum atomic E-state index is 0.0167. The van der Waals surface area contributed by atoms with E-state index in [0.717, 1.165) is 38.2 Å². The van der Waals surface area contributed by atoms with Gasteiger partial charge in [0.15, 0.2) is 11.5 Å². The van der Waals surface area contributed by atoms with Crippen LogP contribution in [0.25, 0.3) is 0 Å². The molecule has 2 N–H and O–H groups in total. The van der Waals surface area contributed by atoms with Crippen LogP contribution >= 0.6 is 11.6 Å². The van der Waals surface area contributed by atoms with Crippen molar-refractivity contribution in [3.05, 3.63) is 22.7 Å². The maximum atomic E-state index is 9.81. The second-order valence-electron chi connectivity index (χ2n) is 4.76. The molecule has 1 aliphatic heterocycles. The first kappa shape index (κ1) is 14.4. The molecule has 19 heavy (non-hydrogen) atoms. The van der Waals surface area contributed by atoms with Crippen LogP contribution in [0.15, 0.2) is 12.1 Å². The molecule has 106 valence electrons. The summed E-state index contributed by atoms with van der Waals surface area (Å²) in [6.45, 7) is 6.25. The Hall–Kier alpha value is -0.970. The van der Waals surface area contributed by atoms with Gasteiger partial charge in [0.05, 0.1) is 12.1 Å². The van der Waals surface area contributed by atoms with Gasteiger partial charge in [-0.2, -0.15) is 0 Å². The maximum absolute atomic E-state index is 9.81. The molecule has 1 aliphatic rings. The fraction of sp³-hybridized carbons (Fsp3) is 0.571. The first-order valence-corrected chi connectivity index (χ1v) is 7.06. The van der Waals surface area contributed by atoms with Crippen molar-refractivity contribution in [2.45, 2.75) is 19.4 Å². The van der Waals surface area contributed by atoms with E-state index in [-0.39, 0.29) is 5.75 Å². The van der Waals surface area contributed by atoms with E-state index >= 15 is 0 Å². The van der Waals surface area contributed by atoms with E-state index in [1.54, 1.807) is 7.11 Å². The highest BCUT2D eigenvalue weighted by Crippen LogP contribution is 2.38. The molecular weight excluding hydrogens is 264 g/mol. The number of piperazine rings is 1. The van der Waals surface area contributed by atoms with Gasteiger partial charge in [-0.05, 0) is 24.1 Å². The lowest BCUT2D eigenvalue weighted by molar-refractivity contribution is 0.169. The Balaban J connectivity index is 2.29. The number of phenols is 1. The zero-order valence-corrected chi connectivity index (χ0v) is 12.2. The van der Waals surface area contributed by atoms with Crippen LogP contribution in [0.4, 0.5) is 0 Å². The van der Waals surface area contributed by atoms with E-state index in [2.05, 4.69) is 17.1 Å². The maximum Gasteiger partial charge on any atom is 0.176 e. The number of phenolic OH excluding ortho intramolecular Hbond substituents is 1. The molecule has 0 aromatic heterocycles. The van der Waals surface area contributed by atoms with Crippen LogP contribution in [-0.2, 0) is 0 Å². The molecule has 0 radical (unpaired) electrons. The van der Waals surface area contributed by atoms with Crippen molar-refractivity contribution < 1.29 is 9.84 Å². The average Bonchev–Trinajstić information content (AvgIpc) is 2.44. The molecule has 0 amide bonds. The third-order valence-corrected chi connectivity index (χ3v) is 3.92. The summed E-state index contributed by atoms with van der Waals surface area (Å²) in [5.74, 6) is 0.458. The van der Waals surface area contributed by atoms with E-state index in [1.165, 1.54) is 0 Å². The highest BCUT2D eigenvalue weighted by Gasteiger charge is 2.22. The van der Waals surface area contributed by atoms with Gasteiger partial charge in [-0.1, -0.05) is 18.5 Å². The molecule has 0 aliphatic carbocycles. The van der Waals surface area contributed by atoms with Crippen LogP contribution in [-0.4, -0.2) is 43.3 Å². The van der Waals surface area contributed by atoms with Crippen LogP contribution in [0.3, 0.4) is 0 Å². The summed E-state index contributed by atoms with van der Waals surface area (Å²) >= 11 is 6.08. The molecule has 1 fully saturated rings. The molecule has 1 heterocycles. The Bertz CT molecular complexity index is 434. The molecule has 1 aromatic carbocycles. The van der Waals surface area contributed by atoms with Crippen molar-refractivity contribution in [2.75, 3.05) is 33.3 Å². The number of ether oxygens (including phenoxy) is 1. The Morgan fingerprint density at radius 3 is 2.68 bits per heavy atom. The van der Waals surface area contributed by atoms with Gasteiger partial charge in [0.25, 0.3) is 0 Å². The quantitative estimate of drug-likeness (QED) is 0.891. The fourth-order valence-electron chi connectivity index (χ4n) is 2.64. The molecule has 2 rings (SSSR count). The second kappa shape index (κ2) is 6.46. The predicted molar refractivity (Wildman–Crippen MR) is 77.1 cm³/mol. The minimum absolute atomic E-state index is 0.0167. The number of hydrogen-bond acceptors (Lipinski definition) is 4. The molecule has 0 bridgehead atoms. The van der Waals surface area contributed by atoms with E-state index in [4.69, 9.17) is 16.3 Å². The molecule has 5 heteroatoms. The SMILES string of the molecule is CC[C@H](c1cc(Cl)c(O)c(OC)c1)N1CCNCC1. The summed E-state index contributed by atoms with van der Waals surface area (Å²) in [4.78, 5) is 2.44. The summed E-state index contributed by atoms with van der Waals surface area (Å²) in [7, 11) is 1.54. The molecule has 0 unspecified atom stereocenters. The Morgan fingerprint density at radius 1 is 1.42 bits per heavy atom. The van der Waals surface area contributed by atoms with Crippen molar-refractivity contribution in [3.63, 3.8) is 0 Å². The standard InChI is InChI=1S/C14H21ClN2O2/c1-3-12(17-6-4-16-5-7-17)10-8-11(15)14(18)13(9-10)19-2/h8-9,12,16,18H,3-7H2,1-2H3/t12-/m1/s1. The van der Waals surface area contributed by atoms with Crippen LogP contribution in [0, 0.1) is 0 Å². The van der Waals surface area contributed by atoms with Crippen molar-refractivity contribution in [2.24, 2.45) is 0 Å². The van der Waals surface area contributed by atoms with Crippen molar-refractivity contribution in [3.8, 4) is 11.5 Å². The number of nitrogens with one attached hydrogen (secondary N) is 1. The van der Waals surface area contributed by atoms with E-state index in [9.17, 15) is 5.11 Å². The third kappa shape index (κ3) is 3.14. The van der Waals surface area contributed by atoms with Gasteiger partial charge in [0, 0.05) is 32.2 Å². The lowest BCUT2D eigenvalue weighted by Crippen LogP contribution is -2.45. The summed E-state index contributed by atoms with van der Waals surface area (Å²) in [5.41, 5.74) is 1.10. The molecule has 1 saturated heterocycles. The number of benzene rings is 1. The largest absolute Gasteiger partial charge is 0.503 e. The van der Waals surface area contributed by atoms with Crippen LogP contribution in [0.1, 0.15) is 24.9 Å². The van der Waals surface area contributed by atoms with Crippen molar-refractivity contribution in [1.82, 2.24) is 10.2 Å². The average molecular weight is 285 g/mol. The van der Waals surface area contributed by atoms with E-state index in [0.29, 0.717) is 16.8 Å². The van der Waals surface area contributed by atoms with E-state index < -0.39 is 0 Å². The lowest BCUT2D eigenvalue weighted by Gasteiger charge is -2.35. The smallest absolute Gasteiger partial charge is 0.176 e. The minimum Gasteiger partial charge on any atom is -0.503 e.